The summed E-state index contributed by atoms with van der Waals surface area (Å²) in [5, 5.41) is 8.96. The maximum atomic E-state index is 13.8. The fourth-order valence-electron chi connectivity index (χ4n) is 2.51. The lowest BCUT2D eigenvalue weighted by Crippen LogP contribution is -2.36. The van der Waals surface area contributed by atoms with Gasteiger partial charge in [-0.2, -0.15) is 0 Å². The molecule has 5 heteroatoms. The summed E-state index contributed by atoms with van der Waals surface area (Å²) in [6.45, 7) is 5.39. The molecule has 0 bridgehead atoms. The van der Waals surface area contributed by atoms with Gasteiger partial charge in [0.15, 0.2) is 0 Å². The molecule has 0 radical (unpaired) electrons. The zero-order valence-electron chi connectivity index (χ0n) is 11.8. The molecule has 4 nitrogen and oxygen atoms in total. The van der Waals surface area contributed by atoms with E-state index in [9.17, 15) is 9.18 Å². The molecule has 0 unspecified atom stereocenters. The molecule has 1 fully saturated rings. The predicted octanol–water partition coefficient (Wildman–Crippen LogP) is 1.27. The summed E-state index contributed by atoms with van der Waals surface area (Å²) in [5.41, 5.74) is 1.03. The first kappa shape index (κ1) is 14.9. The van der Waals surface area contributed by atoms with Gasteiger partial charge in [-0.05, 0) is 32.0 Å². The molecule has 1 saturated heterocycles. The third kappa shape index (κ3) is 3.55. The maximum Gasteiger partial charge on any atom is 0.256 e. The van der Waals surface area contributed by atoms with Crippen molar-refractivity contribution >= 4 is 5.91 Å². The van der Waals surface area contributed by atoms with E-state index in [2.05, 4.69) is 4.90 Å². The average molecular weight is 280 g/mol. The summed E-state index contributed by atoms with van der Waals surface area (Å²) in [5.74, 6) is -0.700. The van der Waals surface area contributed by atoms with E-state index >= 15 is 0 Å². The SMILES string of the molecule is Cc1ccc(F)c(C(=O)N2CCCN(CCO)CC2)c1. The van der Waals surface area contributed by atoms with Gasteiger partial charge in [-0.3, -0.25) is 9.69 Å². The van der Waals surface area contributed by atoms with E-state index in [1.165, 1.54) is 6.07 Å². The number of hydrogen-bond donors (Lipinski definition) is 1. The van der Waals surface area contributed by atoms with Crippen molar-refractivity contribution in [1.82, 2.24) is 9.80 Å². The number of halogens is 1. The average Bonchev–Trinajstić information content (AvgIpc) is 2.67. The summed E-state index contributed by atoms with van der Waals surface area (Å²) in [6.07, 6.45) is 0.846. The minimum atomic E-state index is -0.461. The molecule has 1 aromatic carbocycles. The summed E-state index contributed by atoms with van der Waals surface area (Å²) in [7, 11) is 0. The highest BCUT2D eigenvalue weighted by Gasteiger charge is 2.22. The van der Waals surface area contributed by atoms with E-state index < -0.39 is 5.82 Å². The molecule has 1 heterocycles. The zero-order chi connectivity index (χ0) is 14.5. The number of hydrogen-bond acceptors (Lipinski definition) is 3. The molecule has 0 spiro atoms. The number of aliphatic hydroxyl groups excluding tert-OH is 1. The third-order valence-corrected chi connectivity index (χ3v) is 3.64. The normalized spacial score (nSPS) is 17.1. The van der Waals surface area contributed by atoms with E-state index in [-0.39, 0.29) is 18.1 Å². The van der Waals surface area contributed by atoms with Crippen LogP contribution in [0.4, 0.5) is 4.39 Å². The topological polar surface area (TPSA) is 43.8 Å². The molecule has 0 saturated carbocycles. The summed E-state index contributed by atoms with van der Waals surface area (Å²) in [4.78, 5) is 16.2. The highest BCUT2D eigenvalue weighted by atomic mass is 19.1. The van der Waals surface area contributed by atoms with E-state index in [0.29, 0.717) is 19.6 Å². The van der Waals surface area contributed by atoms with Gasteiger partial charge in [0, 0.05) is 26.2 Å². The van der Waals surface area contributed by atoms with Gasteiger partial charge in [-0.25, -0.2) is 4.39 Å². The maximum absolute atomic E-state index is 13.8. The van der Waals surface area contributed by atoms with Crippen LogP contribution in [0, 0.1) is 12.7 Å². The summed E-state index contributed by atoms with van der Waals surface area (Å²) >= 11 is 0. The lowest BCUT2D eigenvalue weighted by Gasteiger charge is -2.22. The summed E-state index contributed by atoms with van der Waals surface area (Å²) < 4.78 is 13.8. The molecule has 1 aliphatic heterocycles. The number of carbonyl (C=O) groups excluding carboxylic acids is 1. The Bertz CT molecular complexity index is 479. The molecule has 110 valence electrons. The molecule has 0 aliphatic carbocycles. The first-order chi connectivity index (χ1) is 9.61. The van der Waals surface area contributed by atoms with E-state index in [4.69, 9.17) is 5.11 Å². The lowest BCUT2D eigenvalue weighted by atomic mass is 10.1. The van der Waals surface area contributed by atoms with Crippen LogP contribution in [0.2, 0.25) is 0 Å². The Balaban J connectivity index is 2.07. The van der Waals surface area contributed by atoms with E-state index in [0.717, 1.165) is 25.1 Å². The second-order valence-electron chi connectivity index (χ2n) is 5.19. The fraction of sp³-hybridized carbons (Fsp3) is 0.533. The first-order valence-corrected chi connectivity index (χ1v) is 7.00. The number of carbonyl (C=O) groups is 1. The molecule has 2 rings (SSSR count). The predicted molar refractivity (Wildman–Crippen MR) is 75.2 cm³/mol. The second-order valence-corrected chi connectivity index (χ2v) is 5.19. The molecule has 0 aromatic heterocycles. The van der Waals surface area contributed by atoms with Gasteiger partial charge in [-0.1, -0.05) is 11.6 Å². The molecular weight excluding hydrogens is 259 g/mol. The number of aryl methyl sites for hydroxylation is 1. The molecular formula is C15H21FN2O2. The van der Waals surface area contributed by atoms with Crippen LogP contribution < -0.4 is 0 Å². The van der Waals surface area contributed by atoms with Gasteiger partial charge in [0.1, 0.15) is 5.82 Å². The Morgan fingerprint density at radius 3 is 2.85 bits per heavy atom. The smallest absolute Gasteiger partial charge is 0.256 e. The van der Waals surface area contributed by atoms with Crippen molar-refractivity contribution in [2.45, 2.75) is 13.3 Å². The van der Waals surface area contributed by atoms with Gasteiger partial charge in [-0.15, -0.1) is 0 Å². The van der Waals surface area contributed by atoms with Crippen LogP contribution >= 0.6 is 0 Å². The number of aliphatic hydroxyl groups is 1. The summed E-state index contributed by atoms with van der Waals surface area (Å²) in [6, 6.07) is 4.62. The molecule has 20 heavy (non-hydrogen) atoms. The van der Waals surface area contributed by atoms with Gasteiger partial charge in [0.2, 0.25) is 0 Å². The standard InChI is InChI=1S/C15H21FN2O2/c1-12-3-4-14(16)13(11-12)15(20)18-6-2-5-17(7-8-18)9-10-19/h3-4,11,19H,2,5-10H2,1H3. The number of nitrogens with zero attached hydrogens (tertiary/aromatic N) is 2. The number of rotatable bonds is 3. The molecule has 1 amide bonds. The number of β-amino-alcohol motifs (C(OH)–C–C–N with tert-alkyl or cyclic N) is 1. The minimum absolute atomic E-state index is 0.125. The lowest BCUT2D eigenvalue weighted by molar-refractivity contribution is 0.0755. The van der Waals surface area contributed by atoms with Gasteiger partial charge >= 0.3 is 0 Å². The third-order valence-electron chi connectivity index (χ3n) is 3.64. The Morgan fingerprint density at radius 1 is 1.30 bits per heavy atom. The molecule has 1 N–H and O–H groups in total. The van der Waals surface area contributed by atoms with Crippen LogP contribution in [0.1, 0.15) is 22.3 Å². The minimum Gasteiger partial charge on any atom is -0.395 e. The number of amides is 1. The fourth-order valence-corrected chi connectivity index (χ4v) is 2.51. The van der Waals surface area contributed by atoms with Crippen LogP contribution in [0.3, 0.4) is 0 Å². The van der Waals surface area contributed by atoms with E-state index in [1.807, 2.05) is 6.92 Å². The van der Waals surface area contributed by atoms with Gasteiger partial charge < -0.3 is 10.0 Å². The van der Waals surface area contributed by atoms with Crippen LogP contribution in [0.5, 0.6) is 0 Å². The number of benzene rings is 1. The van der Waals surface area contributed by atoms with Crippen molar-refractivity contribution in [3.63, 3.8) is 0 Å². The Hall–Kier alpha value is -1.46. The molecule has 0 atom stereocenters. The Morgan fingerprint density at radius 2 is 2.10 bits per heavy atom. The van der Waals surface area contributed by atoms with Crippen molar-refractivity contribution in [3.8, 4) is 0 Å². The van der Waals surface area contributed by atoms with Crippen molar-refractivity contribution in [3.05, 3.63) is 35.1 Å². The van der Waals surface area contributed by atoms with Crippen molar-refractivity contribution in [2.75, 3.05) is 39.3 Å². The van der Waals surface area contributed by atoms with Crippen LogP contribution in [-0.4, -0.2) is 60.1 Å². The van der Waals surface area contributed by atoms with Gasteiger partial charge in [0.05, 0.1) is 12.2 Å². The quantitative estimate of drug-likeness (QED) is 0.907. The molecule has 1 aliphatic rings. The highest BCUT2D eigenvalue weighted by molar-refractivity contribution is 5.94. The molecule has 1 aromatic rings. The van der Waals surface area contributed by atoms with Crippen molar-refractivity contribution < 1.29 is 14.3 Å². The van der Waals surface area contributed by atoms with Crippen molar-refractivity contribution in [2.24, 2.45) is 0 Å². The van der Waals surface area contributed by atoms with E-state index in [1.54, 1.807) is 17.0 Å². The highest BCUT2D eigenvalue weighted by Crippen LogP contribution is 2.14. The van der Waals surface area contributed by atoms with Crippen LogP contribution in [-0.2, 0) is 0 Å². The Kier molecular flexibility index (Phi) is 5.09. The Labute approximate surface area is 118 Å². The monoisotopic (exact) mass is 280 g/mol. The largest absolute Gasteiger partial charge is 0.395 e. The zero-order valence-corrected chi connectivity index (χ0v) is 11.8. The van der Waals surface area contributed by atoms with Gasteiger partial charge in [0.25, 0.3) is 5.91 Å². The van der Waals surface area contributed by atoms with Crippen LogP contribution in [0.25, 0.3) is 0 Å². The first-order valence-electron chi connectivity index (χ1n) is 7.00. The van der Waals surface area contributed by atoms with Crippen molar-refractivity contribution in [1.29, 1.82) is 0 Å². The second kappa shape index (κ2) is 6.81. The van der Waals surface area contributed by atoms with Crippen LogP contribution in [0.15, 0.2) is 18.2 Å².